The molecule has 1 rings (SSSR count). The van der Waals surface area contributed by atoms with Crippen molar-refractivity contribution in [2.24, 2.45) is 0 Å². The fraction of sp³-hybridized carbons (Fsp3) is 0.333. The number of hydrogen-bond acceptors (Lipinski definition) is 4. The monoisotopic (exact) mass is 252 g/mol. The Balaban J connectivity index is 2.72. The average Bonchev–Trinajstić information content (AvgIpc) is 2.31. The van der Waals surface area contributed by atoms with E-state index in [1.165, 1.54) is 18.2 Å². The number of hydrogen-bond donors (Lipinski definition) is 3. The number of benzene rings is 1. The van der Waals surface area contributed by atoms with Gasteiger partial charge in [0.1, 0.15) is 0 Å². The summed E-state index contributed by atoms with van der Waals surface area (Å²) in [7, 11) is 1.56. The van der Waals surface area contributed by atoms with Crippen molar-refractivity contribution in [3.8, 4) is 0 Å². The number of carbonyl (C=O) groups excluding carboxylic acids is 1. The summed E-state index contributed by atoms with van der Waals surface area (Å²) in [5.74, 6) is -1.38. The third-order valence-electron chi connectivity index (χ3n) is 2.30. The fourth-order valence-corrected chi connectivity index (χ4v) is 1.44. The number of carboxylic acids is 1. The molecule has 1 aromatic rings. The normalized spacial score (nSPS) is 10.1. The van der Waals surface area contributed by atoms with E-state index in [9.17, 15) is 9.59 Å². The van der Waals surface area contributed by atoms with E-state index in [-0.39, 0.29) is 23.6 Å². The third kappa shape index (κ3) is 4.06. The Morgan fingerprint density at radius 1 is 1.44 bits per heavy atom. The van der Waals surface area contributed by atoms with E-state index in [1.807, 2.05) is 0 Å². The second-order valence-electron chi connectivity index (χ2n) is 3.75. The first-order valence-electron chi connectivity index (χ1n) is 5.46. The molecule has 6 heteroatoms. The molecule has 0 unspecified atom stereocenters. The van der Waals surface area contributed by atoms with Gasteiger partial charge in [-0.3, -0.25) is 4.79 Å². The van der Waals surface area contributed by atoms with E-state index >= 15 is 0 Å². The van der Waals surface area contributed by atoms with Gasteiger partial charge in [0, 0.05) is 25.8 Å². The molecule has 0 fully saturated rings. The van der Waals surface area contributed by atoms with E-state index in [2.05, 4.69) is 5.32 Å². The van der Waals surface area contributed by atoms with Crippen LogP contribution in [0.25, 0.3) is 0 Å². The first-order chi connectivity index (χ1) is 8.54. The zero-order chi connectivity index (χ0) is 13.5. The number of nitrogens with two attached hydrogens (primary N) is 1. The molecule has 0 saturated heterocycles. The molecule has 1 amide bonds. The van der Waals surface area contributed by atoms with Crippen LogP contribution in [0, 0.1) is 0 Å². The van der Waals surface area contributed by atoms with Gasteiger partial charge in [-0.15, -0.1) is 0 Å². The van der Waals surface area contributed by atoms with Gasteiger partial charge in [0.15, 0.2) is 0 Å². The molecule has 0 aliphatic carbocycles. The molecular weight excluding hydrogens is 236 g/mol. The first kappa shape index (κ1) is 14.0. The minimum absolute atomic E-state index is 0.0184. The Kier molecular flexibility index (Phi) is 5.13. The van der Waals surface area contributed by atoms with Gasteiger partial charge in [-0.1, -0.05) is 0 Å². The molecule has 0 radical (unpaired) electrons. The Morgan fingerprint density at radius 2 is 2.17 bits per heavy atom. The standard InChI is InChI=1S/C12H16N2O4/c1-18-6-2-3-11(15)14-10-5-4-8(13)7-9(10)12(16)17/h4-5,7H,2-3,6,13H2,1H3,(H,14,15)(H,16,17). The molecule has 0 heterocycles. The lowest BCUT2D eigenvalue weighted by Crippen LogP contribution is -2.15. The summed E-state index contributed by atoms with van der Waals surface area (Å²) in [6.45, 7) is 0.487. The number of aromatic carboxylic acids is 1. The molecule has 0 aromatic heterocycles. The SMILES string of the molecule is COCCCC(=O)Nc1ccc(N)cc1C(=O)O. The highest BCUT2D eigenvalue weighted by molar-refractivity contribution is 6.01. The summed E-state index contributed by atoms with van der Waals surface area (Å²) in [5.41, 5.74) is 6.07. The van der Waals surface area contributed by atoms with Crippen molar-refractivity contribution in [3.63, 3.8) is 0 Å². The molecule has 0 aliphatic rings. The van der Waals surface area contributed by atoms with E-state index in [4.69, 9.17) is 15.6 Å². The Bertz CT molecular complexity index is 446. The molecule has 1 aromatic carbocycles. The predicted molar refractivity (Wildman–Crippen MR) is 67.6 cm³/mol. The minimum Gasteiger partial charge on any atom is -0.478 e. The van der Waals surface area contributed by atoms with Crippen molar-refractivity contribution < 1.29 is 19.4 Å². The van der Waals surface area contributed by atoms with Crippen LogP contribution in [0.1, 0.15) is 23.2 Å². The molecule has 0 bridgehead atoms. The van der Waals surface area contributed by atoms with Crippen LogP contribution in [-0.4, -0.2) is 30.7 Å². The lowest BCUT2D eigenvalue weighted by atomic mass is 10.1. The van der Waals surface area contributed by atoms with Gasteiger partial charge in [-0.2, -0.15) is 0 Å². The highest BCUT2D eigenvalue weighted by Crippen LogP contribution is 2.19. The number of methoxy groups -OCH3 is 1. The van der Waals surface area contributed by atoms with E-state index in [0.717, 1.165) is 0 Å². The number of ether oxygens (including phenoxy) is 1. The van der Waals surface area contributed by atoms with Crippen molar-refractivity contribution >= 4 is 23.3 Å². The lowest BCUT2D eigenvalue weighted by molar-refractivity contribution is -0.116. The van der Waals surface area contributed by atoms with Gasteiger partial charge in [0.05, 0.1) is 11.3 Å². The molecule has 98 valence electrons. The second-order valence-corrected chi connectivity index (χ2v) is 3.75. The average molecular weight is 252 g/mol. The maximum absolute atomic E-state index is 11.6. The zero-order valence-electron chi connectivity index (χ0n) is 10.1. The highest BCUT2D eigenvalue weighted by atomic mass is 16.5. The van der Waals surface area contributed by atoms with Crippen molar-refractivity contribution in [1.29, 1.82) is 0 Å². The topological polar surface area (TPSA) is 102 Å². The number of carbonyl (C=O) groups is 2. The molecule has 18 heavy (non-hydrogen) atoms. The van der Waals surface area contributed by atoms with Gasteiger partial charge in [-0.05, 0) is 24.6 Å². The molecule has 0 saturated carbocycles. The number of amides is 1. The quantitative estimate of drug-likeness (QED) is 0.523. The van der Waals surface area contributed by atoms with Gasteiger partial charge in [0.25, 0.3) is 0 Å². The summed E-state index contributed by atoms with van der Waals surface area (Å²) in [6.07, 6.45) is 0.858. The van der Waals surface area contributed by atoms with Crippen molar-refractivity contribution in [2.45, 2.75) is 12.8 Å². The van der Waals surface area contributed by atoms with Crippen LogP contribution in [-0.2, 0) is 9.53 Å². The number of carboxylic acid groups (broad SMARTS) is 1. The number of rotatable bonds is 6. The van der Waals surface area contributed by atoms with Crippen LogP contribution in [0.15, 0.2) is 18.2 Å². The molecule has 0 aliphatic heterocycles. The lowest BCUT2D eigenvalue weighted by Gasteiger charge is -2.09. The van der Waals surface area contributed by atoms with Crippen molar-refractivity contribution in [2.75, 3.05) is 24.8 Å². The van der Waals surface area contributed by atoms with Crippen molar-refractivity contribution in [1.82, 2.24) is 0 Å². The molecule has 4 N–H and O–H groups in total. The highest BCUT2D eigenvalue weighted by Gasteiger charge is 2.12. The maximum Gasteiger partial charge on any atom is 0.337 e. The Morgan fingerprint density at radius 3 is 2.78 bits per heavy atom. The fourth-order valence-electron chi connectivity index (χ4n) is 1.44. The van der Waals surface area contributed by atoms with Gasteiger partial charge >= 0.3 is 5.97 Å². The van der Waals surface area contributed by atoms with Crippen LogP contribution >= 0.6 is 0 Å². The van der Waals surface area contributed by atoms with Gasteiger partial charge in [0.2, 0.25) is 5.91 Å². The largest absolute Gasteiger partial charge is 0.478 e. The van der Waals surface area contributed by atoms with Crippen LogP contribution < -0.4 is 11.1 Å². The van der Waals surface area contributed by atoms with Gasteiger partial charge in [-0.25, -0.2) is 4.79 Å². The van der Waals surface area contributed by atoms with E-state index in [1.54, 1.807) is 7.11 Å². The van der Waals surface area contributed by atoms with Crippen LogP contribution in [0.4, 0.5) is 11.4 Å². The van der Waals surface area contributed by atoms with Crippen LogP contribution in [0.2, 0.25) is 0 Å². The molecule has 6 nitrogen and oxygen atoms in total. The van der Waals surface area contributed by atoms with Crippen molar-refractivity contribution in [3.05, 3.63) is 23.8 Å². The summed E-state index contributed by atoms with van der Waals surface area (Å²) in [4.78, 5) is 22.5. The summed E-state index contributed by atoms with van der Waals surface area (Å²) in [5, 5.41) is 11.5. The number of nitrogen functional groups attached to an aromatic ring is 1. The summed E-state index contributed by atoms with van der Waals surface area (Å²) >= 11 is 0. The van der Waals surface area contributed by atoms with E-state index < -0.39 is 5.97 Å². The molecule has 0 atom stereocenters. The van der Waals surface area contributed by atoms with Crippen LogP contribution in [0.5, 0.6) is 0 Å². The predicted octanol–water partition coefficient (Wildman–Crippen LogP) is 1.33. The molecule has 0 spiro atoms. The second kappa shape index (κ2) is 6.61. The zero-order valence-corrected chi connectivity index (χ0v) is 10.1. The third-order valence-corrected chi connectivity index (χ3v) is 2.30. The molecular formula is C12H16N2O4. The summed E-state index contributed by atoms with van der Waals surface area (Å²) < 4.78 is 4.83. The summed E-state index contributed by atoms with van der Waals surface area (Å²) in [6, 6.07) is 4.33. The first-order valence-corrected chi connectivity index (χ1v) is 5.46. The minimum atomic E-state index is -1.13. The van der Waals surface area contributed by atoms with Crippen LogP contribution in [0.3, 0.4) is 0 Å². The van der Waals surface area contributed by atoms with E-state index in [0.29, 0.717) is 18.7 Å². The Labute approximate surface area is 105 Å². The number of anilines is 2. The maximum atomic E-state index is 11.6. The smallest absolute Gasteiger partial charge is 0.337 e. The Hall–Kier alpha value is -2.08. The van der Waals surface area contributed by atoms with Gasteiger partial charge < -0.3 is 20.9 Å². The number of nitrogens with one attached hydrogen (secondary N) is 1.